The lowest BCUT2D eigenvalue weighted by Crippen LogP contribution is -2.31. The lowest BCUT2D eigenvalue weighted by Gasteiger charge is -2.18. The van der Waals surface area contributed by atoms with Crippen LogP contribution in [-0.4, -0.2) is 38.1 Å². The van der Waals surface area contributed by atoms with Gasteiger partial charge >= 0.3 is 6.03 Å². The third-order valence-electron chi connectivity index (χ3n) is 4.03. The Hall–Kier alpha value is -2.90. The Labute approximate surface area is 139 Å². The molecule has 8 nitrogen and oxygen atoms in total. The fourth-order valence-corrected chi connectivity index (χ4v) is 2.66. The molecule has 2 heterocycles. The van der Waals surface area contributed by atoms with E-state index < -0.39 is 0 Å². The van der Waals surface area contributed by atoms with Gasteiger partial charge in [-0.05, 0) is 41.4 Å². The predicted octanol–water partition coefficient (Wildman–Crippen LogP) is 2.49. The highest BCUT2D eigenvalue weighted by Gasteiger charge is 2.16. The van der Waals surface area contributed by atoms with Crippen LogP contribution in [0, 0.1) is 6.92 Å². The molecule has 2 aromatic heterocycles. The average molecular weight is 328 g/mol. The Morgan fingerprint density at radius 3 is 2.79 bits per heavy atom. The molecule has 126 valence electrons. The number of aryl methyl sites for hydroxylation is 2. The number of nitrogens with one attached hydrogen (secondary N) is 1. The summed E-state index contributed by atoms with van der Waals surface area (Å²) in [5.41, 5.74) is 4.31. The number of hydrogen-bond donors (Lipinski definition) is 1. The maximum atomic E-state index is 12.5. The molecule has 0 aliphatic carbocycles. The van der Waals surface area contributed by atoms with Crippen LogP contribution in [0.2, 0.25) is 0 Å². The predicted molar refractivity (Wildman–Crippen MR) is 89.6 cm³/mol. The molecule has 3 aromatic rings. The molecule has 3 rings (SSSR count). The van der Waals surface area contributed by atoms with Crippen LogP contribution in [0.4, 0.5) is 10.6 Å². The number of benzene rings is 1. The maximum Gasteiger partial charge on any atom is 0.323 e. The minimum absolute atomic E-state index is 0.192. The molecule has 0 radical (unpaired) electrons. The molecule has 0 saturated heterocycles. The standard InChI is InChI=1S/C16H20N6O2/c1-5-12-10(2)15(22(4)18-12)17-16(23)21(3)9-11-6-7-13-14(8-11)20-24-19-13/h6-8H,5,9H2,1-4H3,(H,17,23). The summed E-state index contributed by atoms with van der Waals surface area (Å²) in [6.07, 6.45) is 0.830. The number of urea groups is 1. The number of carbonyl (C=O) groups excluding carboxylic acids is 1. The molecule has 0 unspecified atom stereocenters. The Morgan fingerprint density at radius 2 is 2.08 bits per heavy atom. The number of hydrogen-bond acceptors (Lipinski definition) is 5. The molecule has 24 heavy (non-hydrogen) atoms. The van der Waals surface area contributed by atoms with E-state index in [4.69, 9.17) is 0 Å². The van der Waals surface area contributed by atoms with Crippen LogP contribution in [0.5, 0.6) is 0 Å². The summed E-state index contributed by atoms with van der Waals surface area (Å²) in [5, 5.41) is 14.9. The fourth-order valence-electron chi connectivity index (χ4n) is 2.66. The number of aromatic nitrogens is 4. The third-order valence-corrected chi connectivity index (χ3v) is 4.03. The maximum absolute atomic E-state index is 12.5. The summed E-state index contributed by atoms with van der Waals surface area (Å²) in [6, 6.07) is 5.40. The number of rotatable bonds is 4. The van der Waals surface area contributed by atoms with E-state index in [2.05, 4.69) is 25.4 Å². The smallest absolute Gasteiger partial charge is 0.323 e. The largest absolute Gasteiger partial charge is 0.323 e. The van der Waals surface area contributed by atoms with E-state index in [0.29, 0.717) is 17.6 Å². The molecule has 0 atom stereocenters. The molecule has 1 aromatic carbocycles. The van der Waals surface area contributed by atoms with Crippen molar-refractivity contribution in [3.05, 3.63) is 35.0 Å². The van der Waals surface area contributed by atoms with Crippen molar-refractivity contribution in [3.63, 3.8) is 0 Å². The minimum Gasteiger partial charge on any atom is -0.323 e. The molecule has 2 amide bonds. The highest BCUT2D eigenvalue weighted by molar-refractivity contribution is 5.89. The van der Waals surface area contributed by atoms with Gasteiger partial charge in [0.05, 0.1) is 5.69 Å². The van der Waals surface area contributed by atoms with Crippen molar-refractivity contribution in [3.8, 4) is 0 Å². The van der Waals surface area contributed by atoms with Gasteiger partial charge in [-0.15, -0.1) is 0 Å². The van der Waals surface area contributed by atoms with E-state index in [1.165, 1.54) is 0 Å². The Morgan fingerprint density at radius 1 is 1.33 bits per heavy atom. The lowest BCUT2D eigenvalue weighted by atomic mass is 10.2. The molecule has 8 heteroatoms. The number of amides is 2. The summed E-state index contributed by atoms with van der Waals surface area (Å²) >= 11 is 0. The SMILES string of the molecule is CCc1nn(C)c(NC(=O)N(C)Cc2ccc3nonc3c2)c1C. The van der Waals surface area contributed by atoms with Gasteiger partial charge in [-0.2, -0.15) is 5.10 Å². The van der Waals surface area contributed by atoms with Crippen molar-refractivity contribution < 1.29 is 9.42 Å². The zero-order chi connectivity index (χ0) is 17.3. The van der Waals surface area contributed by atoms with E-state index in [0.717, 1.165) is 29.1 Å². The van der Waals surface area contributed by atoms with E-state index in [1.807, 2.05) is 39.1 Å². The zero-order valence-electron chi connectivity index (χ0n) is 14.2. The second-order valence-electron chi connectivity index (χ2n) is 5.77. The van der Waals surface area contributed by atoms with Crippen molar-refractivity contribution in [1.29, 1.82) is 0 Å². The first-order chi connectivity index (χ1) is 11.5. The highest BCUT2D eigenvalue weighted by Crippen LogP contribution is 2.19. The molecular formula is C16H20N6O2. The van der Waals surface area contributed by atoms with Crippen LogP contribution in [0.3, 0.4) is 0 Å². The minimum atomic E-state index is -0.192. The first kappa shape index (κ1) is 16.0. The van der Waals surface area contributed by atoms with E-state index in [1.54, 1.807) is 16.6 Å². The van der Waals surface area contributed by atoms with Gasteiger partial charge in [0.1, 0.15) is 16.9 Å². The topological polar surface area (TPSA) is 89.1 Å². The third kappa shape index (κ3) is 2.94. The van der Waals surface area contributed by atoms with Gasteiger partial charge in [0, 0.05) is 26.2 Å². The van der Waals surface area contributed by atoms with Crippen molar-refractivity contribution in [2.75, 3.05) is 12.4 Å². The van der Waals surface area contributed by atoms with Crippen molar-refractivity contribution in [2.24, 2.45) is 7.05 Å². The Bertz CT molecular complexity index is 882. The molecular weight excluding hydrogens is 308 g/mol. The lowest BCUT2D eigenvalue weighted by molar-refractivity contribution is 0.220. The van der Waals surface area contributed by atoms with Crippen LogP contribution >= 0.6 is 0 Å². The summed E-state index contributed by atoms with van der Waals surface area (Å²) in [5.74, 6) is 0.722. The first-order valence-corrected chi connectivity index (χ1v) is 7.75. The summed E-state index contributed by atoms with van der Waals surface area (Å²) in [7, 11) is 3.57. The number of fused-ring (bicyclic) bond motifs is 1. The van der Waals surface area contributed by atoms with Crippen molar-refractivity contribution >= 4 is 22.9 Å². The quantitative estimate of drug-likeness (QED) is 0.795. The summed E-state index contributed by atoms with van der Waals surface area (Å²) in [4.78, 5) is 14.1. The van der Waals surface area contributed by atoms with E-state index in [-0.39, 0.29) is 6.03 Å². The molecule has 0 aliphatic rings. The summed E-state index contributed by atoms with van der Waals surface area (Å²) < 4.78 is 6.39. The molecule has 0 spiro atoms. The van der Waals surface area contributed by atoms with Gasteiger partial charge in [0.2, 0.25) is 0 Å². The van der Waals surface area contributed by atoms with Crippen LogP contribution in [0.15, 0.2) is 22.8 Å². The van der Waals surface area contributed by atoms with E-state index in [9.17, 15) is 4.79 Å². The fraction of sp³-hybridized carbons (Fsp3) is 0.375. The Balaban J connectivity index is 1.71. The Kier molecular flexibility index (Phi) is 4.20. The highest BCUT2D eigenvalue weighted by atomic mass is 16.6. The molecule has 1 N–H and O–H groups in total. The van der Waals surface area contributed by atoms with Gasteiger partial charge in [-0.25, -0.2) is 9.42 Å². The molecule has 0 bridgehead atoms. The van der Waals surface area contributed by atoms with Gasteiger partial charge in [-0.3, -0.25) is 10.00 Å². The van der Waals surface area contributed by atoms with Crippen LogP contribution in [0.1, 0.15) is 23.7 Å². The van der Waals surface area contributed by atoms with Crippen molar-refractivity contribution in [1.82, 2.24) is 25.0 Å². The van der Waals surface area contributed by atoms with Gasteiger partial charge in [0.25, 0.3) is 0 Å². The second-order valence-corrected chi connectivity index (χ2v) is 5.77. The number of anilines is 1. The first-order valence-electron chi connectivity index (χ1n) is 7.75. The normalized spacial score (nSPS) is 11.0. The van der Waals surface area contributed by atoms with Crippen molar-refractivity contribution in [2.45, 2.75) is 26.8 Å². The van der Waals surface area contributed by atoms with Gasteiger partial charge in [0.15, 0.2) is 0 Å². The van der Waals surface area contributed by atoms with Gasteiger partial charge in [-0.1, -0.05) is 13.0 Å². The summed E-state index contributed by atoms with van der Waals surface area (Å²) in [6.45, 7) is 4.46. The molecule has 0 saturated carbocycles. The van der Waals surface area contributed by atoms with E-state index >= 15 is 0 Å². The second kappa shape index (κ2) is 6.31. The van der Waals surface area contributed by atoms with Crippen LogP contribution in [0.25, 0.3) is 11.0 Å². The number of nitrogens with zero attached hydrogens (tertiary/aromatic N) is 5. The number of carbonyl (C=O) groups is 1. The monoisotopic (exact) mass is 328 g/mol. The zero-order valence-corrected chi connectivity index (χ0v) is 14.2. The molecule has 0 fully saturated rings. The van der Waals surface area contributed by atoms with Gasteiger partial charge < -0.3 is 4.90 Å². The average Bonchev–Trinajstić information content (AvgIpc) is 3.13. The molecule has 0 aliphatic heterocycles. The van der Waals surface area contributed by atoms with Crippen LogP contribution < -0.4 is 5.32 Å². The van der Waals surface area contributed by atoms with Crippen LogP contribution in [-0.2, 0) is 20.0 Å².